The van der Waals surface area contributed by atoms with Gasteiger partial charge in [0.1, 0.15) is 5.75 Å². The van der Waals surface area contributed by atoms with Crippen LogP contribution in [-0.4, -0.2) is 41.6 Å². The van der Waals surface area contributed by atoms with Gasteiger partial charge in [0.05, 0.1) is 5.56 Å². The molecule has 1 heterocycles. The zero-order valence-corrected chi connectivity index (χ0v) is 11.6. The number of aryl methyl sites for hydroxylation is 1. The Morgan fingerprint density at radius 1 is 1.53 bits per heavy atom. The number of benzene rings is 1. The molecule has 1 amide bonds. The summed E-state index contributed by atoms with van der Waals surface area (Å²) in [7, 11) is 0. The van der Waals surface area contributed by atoms with E-state index in [1.165, 1.54) is 0 Å². The summed E-state index contributed by atoms with van der Waals surface area (Å²) >= 11 is 0. The topological polar surface area (TPSA) is 52.6 Å². The molecule has 0 radical (unpaired) electrons. The van der Waals surface area contributed by atoms with E-state index in [2.05, 4.69) is 12.2 Å². The van der Waals surface area contributed by atoms with E-state index in [0.717, 1.165) is 38.0 Å². The largest absolute Gasteiger partial charge is 0.507 e. The Balaban J connectivity index is 2.25. The van der Waals surface area contributed by atoms with E-state index in [9.17, 15) is 9.90 Å². The maximum atomic E-state index is 12.6. The molecule has 2 N–H and O–H groups in total. The molecule has 0 aromatic heterocycles. The number of carbonyl (C=O) groups is 1. The molecular formula is C15H22N2O2. The van der Waals surface area contributed by atoms with Crippen LogP contribution >= 0.6 is 0 Å². The van der Waals surface area contributed by atoms with Crippen molar-refractivity contribution in [3.8, 4) is 5.75 Å². The predicted octanol–water partition coefficient (Wildman–Crippen LogP) is 1.91. The number of nitrogens with zero attached hydrogens (tertiary/aromatic N) is 1. The highest BCUT2D eigenvalue weighted by Crippen LogP contribution is 2.24. The molecule has 1 fully saturated rings. The third-order valence-corrected chi connectivity index (χ3v) is 3.67. The number of hydrogen-bond donors (Lipinski definition) is 2. The van der Waals surface area contributed by atoms with Gasteiger partial charge in [0.15, 0.2) is 0 Å². The molecule has 1 aliphatic rings. The van der Waals surface area contributed by atoms with Crippen molar-refractivity contribution in [2.45, 2.75) is 32.7 Å². The Hall–Kier alpha value is -1.55. The van der Waals surface area contributed by atoms with Crippen molar-refractivity contribution in [3.05, 3.63) is 29.3 Å². The van der Waals surface area contributed by atoms with Gasteiger partial charge in [0.25, 0.3) is 5.91 Å². The summed E-state index contributed by atoms with van der Waals surface area (Å²) in [6.45, 7) is 6.42. The molecule has 2 rings (SSSR count). The van der Waals surface area contributed by atoms with Crippen molar-refractivity contribution in [1.29, 1.82) is 0 Å². The lowest BCUT2D eigenvalue weighted by atomic mass is 10.1. The van der Waals surface area contributed by atoms with Gasteiger partial charge in [-0.2, -0.15) is 0 Å². The molecule has 1 aliphatic heterocycles. The summed E-state index contributed by atoms with van der Waals surface area (Å²) in [6.07, 6.45) is 1.91. The number of nitrogens with one attached hydrogen (secondary N) is 1. The molecule has 19 heavy (non-hydrogen) atoms. The fourth-order valence-electron chi connectivity index (χ4n) is 2.58. The first-order chi connectivity index (χ1) is 9.15. The number of hydrogen-bond acceptors (Lipinski definition) is 3. The van der Waals surface area contributed by atoms with E-state index in [0.29, 0.717) is 5.56 Å². The smallest absolute Gasteiger partial charge is 0.257 e. The van der Waals surface area contributed by atoms with Gasteiger partial charge < -0.3 is 15.3 Å². The lowest BCUT2D eigenvalue weighted by molar-refractivity contribution is 0.0689. The number of carbonyl (C=O) groups excluding carboxylic acids is 1. The molecule has 4 heteroatoms. The summed E-state index contributed by atoms with van der Waals surface area (Å²) in [6, 6.07) is 5.58. The quantitative estimate of drug-likeness (QED) is 0.871. The first kappa shape index (κ1) is 13.9. The van der Waals surface area contributed by atoms with Crippen LogP contribution in [0.25, 0.3) is 0 Å². The minimum Gasteiger partial charge on any atom is -0.507 e. The summed E-state index contributed by atoms with van der Waals surface area (Å²) in [5.41, 5.74) is 1.16. The van der Waals surface area contributed by atoms with Crippen molar-refractivity contribution >= 4 is 5.91 Å². The van der Waals surface area contributed by atoms with Gasteiger partial charge >= 0.3 is 0 Å². The molecule has 1 aromatic carbocycles. The van der Waals surface area contributed by atoms with Gasteiger partial charge in [-0.15, -0.1) is 0 Å². The highest BCUT2D eigenvalue weighted by molar-refractivity contribution is 5.97. The highest BCUT2D eigenvalue weighted by Gasteiger charge is 2.28. The number of para-hydroxylation sites is 1. The second-order valence-electron chi connectivity index (χ2n) is 5.12. The van der Waals surface area contributed by atoms with E-state index in [4.69, 9.17) is 0 Å². The number of rotatable bonds is 4. The number of aromatic hydroxyl groups is 1. The van der Waals surface area contributed by atoms with Gasteiger partial charge in [-0.05, 0) is 37.9 Å². The summed E-state index contributed by atoms with van der Waals surface area (Å²) in [5.74, 6) is 0.0521. The Morgan fingerprint density at radius 2 is 2.32 bits per heavy atom. The fraction of sp³-hybridized carbons (Fsp3) is 0.533. The minimum absolute atomic E-state index is 0.0586. The van der Waals surface area contributed by atoms with Crippen molar-refractivity contribution in [3.63, 3.8) is 0 Å². The average molecular weight is 262 g/mol. The summed E-state index contributed by atoms with van der Waals surface area (Å²) < 4.78 is 0. The van der Waals surface area contributed by atoms with Crippen LogP contribution in [0.5, 0.6) is 5.75 Å². The standard InChI is InChI=1S/C15H22N2O2/c1-3-9-17(12-7-8-16-10-12)15(19)13-6-4-5-11(2)14(13)18/h4-6,12,16,18H,3,7-10H2,1-2H3. The molecule has 1 aromatic rings. The van der Waals surface area contributed by atoms with Crippen molar-refractivity contribution in [2.24, 2.45) is 0 Å². The minimum atomic E-state index is -0.0586. The van der Waals surface area contributed by atoms with Crippen LogP contribution in [0.1, 0.15) is 35.7 Å². The molecule has 0 bridgehead atoms. The normalized spacial score (nSPS) is 18.5. The van der Waals surface area contributed by atoms with Gasteiger partial charge in [-0.25, -0.2) is 0 Å². The zero-order valence-electron chi connectivity index (χ0n) is 11.6. The maximum Gasteiger partial charge on any atom is 0.257 e. The molecule has 1 saturated heterocycles. The van der Waals surface area contributed by atoms with Crippen LogP contribution in [0.4, 0.5) is 0 Å². The molecule has 1 atom stereocenters. The lowest BCUT2D eigenvalue weighted by Gasteiger charge is -2.28. The summed E-state index contributed by atoms with van der Waals surface area (Å²) in [5, 5.41) is 13.4. The van der Waals surface area contributed by atoms with Crippen LogP contribution in [0, 0.1) is 6.92 Å². The molecule has 0 aliphatic carbocycles. The van der Waals surface area contributed by atoms with Gasteiger partial charge in [0, 0.05) is 19.1 Å². The van der Waals surface area contributed by atoms with Crippen molar-refractivity contribution in [2.75, 3.05) is 19.6 Å². The number of phenolic OH excluding ortho intramolecular Hbond substituents is 1. The van der Waals surface area contributed by atoms with Crippen molar-refractivity contribution < 1.29 is 9.90 Å². The molecule has 4 nitrogen and oxygen atoms in total. The van der Waals surface area contributed by atoms with Crippen LogP contribution in [0.3, 0.4) is 0 Å². The monoisotopic (exact) mass is 262 g/mol. The van der Waals surface area contributed by atoms with Crippen LogP contribution < -0.4 is 5.32 Å². The van der Waals surface area contributed by atoms with E-state index in [1.54, 1.807) is 6.07 Å². The van der Waals surface area contributed by atoms with Gasteiger partial charge in [-0.1, -0.05) is 19.1 Å². The molecule has 1 unspecified atom stereocenters. The number of amides is 1. The molecular weight excluding hydrogens is 240 g/mol. The fourth-order valence-corrected chi connectivity index (χ4v) is 2.58. The van der Waals surface area contributed by atoms with Gasteiger partial charge in [-0.3, -0.25) is 4.79 Å². The van der Waals surface area contributed by atoms with Crippen LogP contribution in [0.15, 0.2) is 18.2 Å². The van der Waals surface area contributed by atoms with E-state index < -0.39 is 0 Å². The average Bonchev–Trinajstić information content (AvgIpc) is 2.92. The van der Waals surface area contributed by atoms with Crippen LogP contribution in [-0.2, 0) is 0 Å². The third kappa shape index (κ3) is 2.89. The van der Waals surface area contributed by atoms with E-state index in [-0.39, 0.29) is 17.7 Å². The highest BCUT2D eigenvalue weighted by atomic mass is 16.3. The third-order valence-electron chi connectivity index (χ3n) is 3.67. The maximum absolute atomic E-state index is 12.6. The summed E-state index contributed by atoms with van der Waals surface area (Å²) in [4.78, 5) is 14.5. The second kappa shape index (κ2) is 6.06. The Labute approximate surface area is 114 Å². The van der Waals surface area contributed by atoms with E-state index in [1.807, 2.05) is 24.0 Å². The Bertz CT molecular complexity index is 453. The van der Waals surface area contributed by atoms with Gasteiger partial charge in [0.2, 0.25) is 0 Å². The molecule has 104 valence electrons. The zero-order chi connectivity index (χ0) is 13.8. The van der Waals surface area contributed by atoms with E-state index >= 15 is 0 Å². The first-order valence-corrected chi connectivity index (χ1v) is 6.95. The van der Waals surface area contributed by atoms with Crippen LogP contribution in [0.2, 0.25) is 0 Å². The Morgan fingerprint density at radius 3 is 2.95 bits per heavy atom. The SMILES string of the molecule is CCCN(C(=O)c1cccc(C)c1O)C1CCNC1. The Kier molecular flexibility index (Phi) is 4.43. The lowest BCUT2D eigenvalue weighted by Crippen LogP contribution is -2.42. The number of phenols is 1. The predicted molar refractivity (Wildman–Crippen MR) is 75.4 cm³/mol. The first-order valence-electron chi connectivity index (χ1n) is 6.95. The second-order valence-corrected chi connectivity index (χ2v) is 5.12. The molecule has 0 spiro atoms. The van der Waals surface area contributed by atoms with Crippen molar-refractivity contribution in [1.82, 2.24) is 10.2 Å². The molecule has 0 saturated carbocycles.